The number of nitriles is 1. The molecule has 0 amide bonds. The standard InChI is InChI=1S/C9H7ClN2O3/c1-14-7-3-5(10)6(4-11)12-8(7)9(13)15-2/h3H,1-2H3. The lowest BCUT2D eigenvalue weighted by Crippen LogP contribution is -2.08. The quantitative estimate of drug-likeness (QED) is 0.713. The van der Waals surface area contributed by atoms with Crippen molar-refractivity contribution in [2.45, 2.75) is 0 Å². The first kappa shape index (κ1) is 11.3. The molecule has 0 saturated heterocycles. The van der Waals surface area contributed by atoms with Gasteiger partial charge in [-0.3, -0.25) is 0 Å². The van der Waals surface area contributed by atoms with Gasteiger partial charge in [-0.05, 0) is 0 Å². The topological polar surface area (TPSA) is 72.2 Å². The first-order valence-electron chi connectivity index (χ1n) is 3.87. The molecule has 1 rings (SSSR count). The number of nitrogens with zero attached hydrogens (tertiary/aromatic N) is 2. The highest BCUT2D eigenvalue weighted by Gasteiger charge is 2.18. The summed E-state index contributed by atoms with van der Waals surface area (Å²) in [4.78, 5) is 15.0. The van der Waals surface area contributed by atoms with Crippen LogP contribution in [0.4, 0.5) is 0 Å². The third-order valence-electron chi connectivity index (χ3n) is 1.65. The molecule has 78 valence electrons. The highest BCUT2D eigenvalue weighted by Crippen LogP contribution is 2.24. The molecule has 0 fully saturated rings. The van der Waals surface area contributed by atoms with Crippen LogP contribution in [0.2, 0.25) is 5.02 Å². The summed E-state index contributed by atoms with van der Waals surface area (Å²) in [5, 5.41) is 8.80. The van der Waals surface area contributed by atoms with Gasteiger partial charge in [-0.2, -0.15) is 5.26 Å². The van der Waals surface area contributed by atoms with Gasteiger partial charge in [0.15, 0.2) is 17.1 Å². The van der Waals surface area contributed by atoms with E-state index in [4.69, 9.17) is 21.6 Å². The average molecular weight is 227 g/mol. The third kappa shape index (κ3) is 2.17. The molecule has 0 saturated carbocycles. The fourth-order valence-corrected chi connectivity index (χ4v) is 1.13. The Hall–Kier alpha value is -1.80. The number of halogens is 1. The van der Waals surface area contributed by atoms with Crippen molar-refractivity contribution in [3.05, 3.63) is 22.5 Å². The molecular weight excluding hydrogens is 220 g/mol. The predicted octanol–water partition coefficient (Wildman–Crippen LogP) is 1.40. The Balaban J connectivity index is 3.36. The average Bonchev–Trinajstić information content (AvgIpc) is 2.27. The zero-order valence-electron chi connectivity index (χ0n) is 8.07. The molecule has 0 spiro atoms. The molecule has 1 aromatic rings. The summed E-state index contributed by atoms with van der Waals surface area (Å²) >= 11 is 5.71. The molecule has 0 aliphatic heterocycles. The Morgan fingerprint density at radius 1 is 1.60 bits per heavy atom. The molecule has 0 aliphatic rings. The highest BCUT2D eigenvalue weighted by molar-refractivity contribution is 6.31. The summed E-state index contributed by atoms with van der Waals surface area (Å²) in [5.41, 5.74) is -0.112. The van der Waals surface area contributed by atoms with Crippen LogP contribution in [-0.2, 0) is 4.74 Å². The van der Waals surface area contributed by atoms with Crippen LogP contribution in [0.3, 0.4) is 0 Å². The predicted molar refractivity (Wildman–Crippen MR) is 51.9 cm³/mol. The molecule has 0 bridgehead atoms. The van der Waals surface area contributed by atoms with Gasteiger partial charge in [0.05, 0.1) is 19.2 Å². The van der Waals surface area contributed by atoms with Gasteiger partial charge in [0, 0.05) is 6.07 Å². The van der Waals surface area contributed by atoms with E-state index in [0.29, 0.717) is 0 Å². The maximum Gasteiger partial charge on any atom is 0.360 e. The second kappa shape index (κ2) is 4.62. The van der Waals surface area contributed by atoms with Crippen molar-refractivity contribution in [3.63, 3.8) is 0 Å². The Kier molecular flexibility index (Phi) is 3.47. The normalized spacial score (nSPS) is 9.20. The third-order valence-corrected chi connectivity index (χ3v) is 1.93. The summed E-state index contributed by atoms with van der Waals surface area (Å²) in [6, 6.07) is 3.11. The van der Waals surface area contributed by atoms with E-state index in [9.17, 15) is 4.79 Å². The van der Waals surface area contributed by atoms with Crippen molar-refractivity contribution in [1.82, 2.24) is 4.98 Å². The molecule has 0 radical (unpaired) electrons. The van der Waals surface area contributed by atoms with Gasteiger partial charge in [0.1, 0.15) is 6.07 Å². The van der Waals surface area contributed by atoms with E-state index in [1.807, 2.05) is 0 Å². The molecule has 1 heterocycles. The minimum absolute atomic E-state index is 0.0436. The van der Waals surface area contributed by atoms with E-state index in [2.05, 4.69) is 9.72 Å². The van der Waals surface area contributed by atoms with E-state index < -0.39 is 5.97 Å². The van der Waals surface area contributed by atoms with Crippen molar-refractivity contribution in [2.75, 3.05) is 14.2 Å². The number of esters is 1. The van der Waals surface area contributed by atoms with Crippen molar-refractivity contribution < 1.29 is 14.3 Å². The van der Waals surface area contributed by atoms with Crippen LogP contribution in [0.1, 0.15) is 16.2 Å². The molecule has 0 unspecified atom stereocenters. The van der Waals surface area contributed by atoms with Gasteiger partial charge in [-0.1, -0.05) is 11.6 Å². The molecule has 6 heteroatoms. The van der Waals surface area contributed by atoms with E-state index >= 15 is 0 Å². The van der Waals surface area contributed by atoms with E-state index in [0.717, 1.165) is 0 Å². The number of carbonyl (C=O) groups excluding carboxylic acids is 1. The first-order valence-corrected chi connectivity index (χ1v) is 4.24. The summed E-state index contributed by atoms with van der Waals surface area (Å²) in [6.07, 6.45) is 0. The second-order valence-electron chi connectivity index (χ2n) is 2.47. The smallest absolute Gasteiger partial charge is 0.360 e. The molecular formula is C9H7ClN2O3. The first-order chi connectivity index (χ1) is 7.13. The van der Waals surface area contributed by atoms with E-state index in [-0.39, 0.29) is 22.2 Å². The van der Waals surface area contributed by atoms with Crippen LogP contribution in [0, 0.1) is 11.3 Å². The van der Waals surface area contributed by atoms with Crippen molar-refractivity contribution in [1.29, 1.82) is 5.26 Å². The number of aromatic nitrogens is 1. The molecule has 5 nitrogen and oxygen atoms in total. The maximum atomic E-state index is 11.3. The molecule has 0 aromatic carbocycles. The monoisotopic (exact) mass is 226 g/mol. The molecule has 0 aliphatic carbocycles. The summed E-state index contributed by atoms with van der Waals surface area (Å²) in [6.45, 7) is 0. The van der Waals surface area contributed by atoms with Crippen LogP contribution < -0.4 is 4.74 Å². The van der Waals surface area contributed by atoms with Gasteiger partial charge in [-0.25, -0.2) is 9.78 Å². The number of pyridine rings is 1. The Morgan fingerprint density at radius 2 is 2.27 bits per heavy atom. The fraction of sp³-hybridized carbons (Fsp3) is 0.222. The number of ether oxygens (including phenoxy) is 2. The molecule has 1 aromatic heterocycles. The molecule has 0 atom stereocenters. The number of hydrogen-bond donors (Lipinski definition) is 0. The number of methoxy groups -OCH3 is 2. The lowest BCUT2D eigenvalue weighted by atomic mass is 10.3. The lowest BCUT2D eigenvalue weighted by Gasteiger charge is -2.06. The summed E-state index contributed by atoms with van der Waals surface area (Å²) in [7, 11) is 2.58. The Bertz CT molecular complexity index is 440. The van der Waals surface area contributed by atoms with Crippen molar-refractivity contribution in [2.24, 2.45) is 0 Å². The van der Waals surface area contributed by atoms with Crippen LogP contribution >= 0.6 is 11.6 Å². The fourth-order valence-electron chi connectivity index (χ4n) is 0.949. The minimum Gasteiger partial charge on any atom is -0.494 e. The number of rotatable bonds is 2. The summed E-state index contributed by atoms with van der Waals surface area (Å²) in [5.74, 6) is -0.508. The van der Waals surface area contributed by atoms with Crippen LogP contribution in [-0.4, -0.2) is 25.2 Å². The lowest BCUT2D eigenvalue weighted by molar-refractivity contribution is 0.0590. The zero-order chi connectivity index (χ0) is 11.4. The SMILES string of the molecule is COC(=O)c1nc(C#N)c(Cl)cc1OC. The van der Waals surface area contributed by atoms with Gasteiger partial charge in [0.25, 0.3) is 0 Å². The van der Waals surface area contributed by atoms with Crippen LogP contribution in [0.25, 0.3) is 0 Å². The zero-order valence-corrected chi connectivity index (χ0v) is 8.83. The Morgan fingerprint density at radius 3 is 2.73 bits per heavy atom. The van der Waals surface area contributed by atoms with Crippen molar-refractivity contribution >= 4 is 17.6 Å². The maximum absolute atomic E-state index is 11.3. The summed E-state index contributed by atoms with van der Waals surface area (Å²) < 4.78 is 9.38. The highest BCUT2D eigenvalue weighted by atomic mass is 35.5. The van der Waals surface area contributed by atoms with Crippen LogP contribution in [0.5, 0.6) is 5.75 Å². The number of hydrogen-bond acceptors (Lipinski definition) is 5. The van der Waals surface area contributed by atoms with E-state index in [1.54, 1.807) is 6.07 Å². The minimum atomic E-state index is -0.681. The van der Waals surface area contributed by atoms with Crippen LogP contribution in [0.15, 0.2) is 6.07 Å². The van der Waals surface area contributed by atoms with Crippen molar-refractivity contribution in [3.8, 4) is 11.8 Å². The molecule has 15 heavy (non-hydrogen) atoms. The largest absolute Gasteiger partial charge is 0.494 e. The van der Waals surface area contributed by atoms with Gasteiger partial charge in [-0.15, -0.1) is 0 Å². The van der Waals surface area contributed by atoms with Gasteiger partial charge < -0.3 is 9.47 Å². The van der Waals surface area contributed by atoms with E-state index in [1.165, 1.54) is 20.3 Å². The molecule has 0 N–H and O–H groups in total. The van der Waals surface area contributed by atoms with Gasteiger partial charge in [0.2, 0.25) is 0 Å². The second-order valence-corrected chi connectivity index (χ2v) is 2.88. The Labute approximate surface area is 91.2 Å². The number of carbonyl (C=O) groups is 1. The van der Waals surface area contributed by atoms with Gasteiger partial charge >= 0.3 is 5.97 Å².